The second-order valence-corrected chi connectivity index (χ2v) is 7.22. The number of benzene rings is 2. The number of fused-ring (bicyclic) bond motifs is 2. The zero-order valence-electron chi connectivity index (χ0n) is 13.3. The highest BCUT2D eigenvalue weighted by molar-refractivity contribution is 7.24. The van der Waals surface area contributed by atoms with Crippen LogP contribution in [0.4, 0.5) is 5.69 Å². The summed E-state index contributed by atoms with van der Waals surface area (Å²) in [6, 6.07) is 12.0. The zero-order valence-corrected chi connectivity index (χ0v) is 14.1. The largest absolute Gasteiger partial charge is 0.384 e. The van der Waals surface area contributed by atoms with Crippen LogP contribution in [0.15, 0.2) is 41.2 Å². The summed E-state index contributed by atoms with van der Waals surface area (Å²) in [5, 5.41) is 5.12. The van der Waals surface area contributed by atoms with E-state index in [1.165, 1.54) is 0 Å². The molecule has 1 N–H and O–H groups in total. The van der Waals surface area contributed by atoms with Crippen molar-refractivity contribution in [3.05, 3.63) is 52.2 Å². The van der Waals surface area contributed by atoms with Crippen LogP contribution in [0.5, 0.6) is 0 Å². The summed E-state index contributed by atoms with van der Waals surface area (Å²) in [7, 11) is 0. The fourth-order valence-electron chi connectivity index (χ4n) is 2.67. The van der Waals surface area contributed by atoms with Crippen molar-refractivity contribution in [1.82, 2.24) is 0 Å². The topological polar surface area (TPSA) is 29.1 Å². The van der Waals surface area contributed by atoms with Gasteiger partial charge < -0.3 is 5.32 Å². The van der Waals surface area contributed by atoms with Gasteiger partial charge in [-0.15, -0.1) is 11.3 Å². The van der Waals surface area contributed by atoms with Crippen LogP contribution >= 0.6 is 11.3 Å². The summed E-state index contributed by atoms with van der Waals surface area (Å²) in [6.45, 7) is 7.39. The van der Waals surface area contributed by atoms with Gasteiger partial charge in [0.25, 0.3) is 0 Å². The van der Waals surface area contributed by atoms with Crippen LogP contribution < -0.4 is 10.7 Å². The monoisotopic (exact) mass is 311 g/mol. The highest BCUT2D eigenvalue weighted by atomic mass is 32.1. The molecule has 3 aromatic rings. The third-order valence-corrected chi connectivity index (χ3v) is 5.27. The Labute approximate surface area is 134 Å². The van der Waals surface area contributed by atoms with E-state index in [0.29, 0.717) is 5.92 Å². The maximum absolute atomic E-state index is 12.9. The Bertz CT molecular complexity index is 880. The summed E-state index contributed by atoms with van der Waals surface area (Å²) in [6.07, 6.45) is 1.10. The highest BCUT2D eigenvalue weighted by Gasteiger charge is 2.11. The molecule has 114 valence electrons. The van der Waals surface area contributed by atoms with Crippen molar-refractivity contribution < 1.29 is 0 Å². The van der Waals surface area contributed by atoms with E-state index in [9.17, 15) is 4.79 Å². The first-order chi connectivity index (χ1) is 10.6. The number of nitrogens with one attached hydrogen (secondary N) is 1. The summed E-state index contributed by atoms with van der Waals surface area (Å²) >= 11 is 1.71. The molecule has 1 aromatic heterocycles. The van der Waals surface area contributed by atoms with Gasteiger partial charge in [0.15, 0.2) is 5.43 Å². The highest BCUT2D eigenvalue weighted by Crippen LogP contribution is 2.31. The van der Waals surface area contributed by atoms with E-state index in [1.807, 2.05) is 30.3 Å². The van der Waals surface area contributed by atoms with Crippen molar-refractivity contribution in [3.8, 4) is 0 Å². The number of hydrogen-bond acceptors (Lipinski definition) is 3. The molecular weight excluding hydrogens is 290 g/mol. The summed E-state index contributed by atoms with van der Waals surface area (Å²) in [4.78, 5) is 12.9. The number of rotatable bonds is 4. The third kappa shape index (κ3) is 2.73. The molecule has 22 heavy (non-hydrogen) atoms. The summed E-state index contributed by atoms with van der Waals surface area (Å²) in [5.74, 6) is 0.652. The molecule has 0 atom stereocenters. The maximum Gasteiger partial charge on any atom is 0.197 e. The maximum atomic E-state index is 12.9. The minimum atomic E-state index is 0.139. The second-order valence-electron chi connectivity index (χ2n) is 6.17. The van der Waals surface area contributed by atoms with E-state index in [1.54, 1.807) is 11.3 Å². The molecule has 0 unspecified atom stereocenters. The van der Waals surface area contributed by atoms with Crippen molar-refractivity contribution in [1.29, 1.82) is 0 Å². The van der Waals surface area contributed by atoms with Gasteiger partial charge in [0.1, 0.15) is 0 Å². The Hall–Kier alpha value is -1.87. The van der Waals surface area contributed by atoms with E-state index in [-0.39, 0.29) is 5.43 Å². The SMILES string of the molecule is Cc1ccc(NCCC(C)C)c2c(=O)c3ccccc3sc12. The first-order valence-corrected chi connectivity index (χ1v) is 8.58. The van der Waals surface area contributed by atoms with Gasteiger partial charge in [-0.1, -0.05) is 32.0 Å². The minimum absolute atomic E-state index is 0.139. The lowest BCUT2D eigenvalue weighted by atomic mass is 10.1. The molecule has 0 saturated heterocycles. The Kier molecular flexibility index (Phi) is 4.16. The first-order valence-electron chi connectivity index (χ1n) is 7.77. The van der Waals surface area contributed by atoms with Gasteiger partial charge >= 0.3 is 0 Å². The fraction of sp³-hybridized carbons (Fsp3) is 0.316. The van der Waals surface area contributed by atoms with E-state index in [2.05, 4.69) is 32.2 Å². The van der Waals surface area contributed by atoms with Crippen molar-refractivity contribution in [2.75, 3.05) is 11.9 Å². The van der Waals surface area contributed by atoms with Gasteiger partial charge in [0.05, 0.1) is 5.39 Å². The Morgan fingerprint density at radius 1 is 1.14 bits per heavy atom. The second kappa shape index (κ2) is 6.09. The fourth-order valence-corrected chi connectivity index (χ4v) is 3.85. The number of hydrogen-bond donors (Lipinski definition) is 1. The lowest BCUT2D eigenvalue weighted by Gasteiger charge is -2.12. The van der Waals surface area contributed by atoms with Crippen LogP contribution in [-0.2, 0) is 0 Å². The summed E-state index contributed by atoms with van der Waals surface area (Å²) in [5.41, 5.74) is 2.27. The van der Waals surface area contributed by atoms with Gasteiger partial charge in [0.2, 0.25) is 0 Å². The van der Waals surface area contributed by atoms with Gasteiger partial charge in [-0.2, -0.15) is 0 Å². The quantitative estimate of drug-likeness (QED) is 0.673. The molecule has 2 aromatic carbocycles. The first kappa shape index (κ1) is 15.0. The average molecular weight is 311 g/mol. The van der Waals surface area contributed by atoms with Gasteiger partial charge in [-0.05, 0) is 43.0 Å². The smallest absolute Gasteiger partial charge is 0.197 e. The van der Waals surface area contributed by atoms with Crippen LogP contribution in [-0.4, -0.2) is 6.54 Å². The Morgan fingerprint density at radius 2 is 1.91 bits per heavy atom. The van der Waals surface area contributed by atoms with Crippen LogP contribution in [0, 0.1) is 12.8 Å². The van der Waals surface area contributed by atoms with Crippen molar-refractivity contribution >= 4 is 37.2 Å². The van der Waals surface area contributed by atoms with Crippen LogP contribution in [0.3, 0.4) is 0 Å². The number of aryl methyl sites for hydroxylation is 1. The van der Waals surface area contributed by atoms with Crippen molar-refractivity contribution in [2.45, 2.75) is 27.2 Å². The van der Waals surface area contributed by atoms with E-state index < -0.39 is 0 Å². The molecule has 0 spiro atoms. The molecule has 2 nitrogen and oxygen atoms in total. The van der Waals surface area contributed by atoms with E-state index in [0.717, 1.165) is 44.4 Å². The molecule has 1 heterocycles. The standard InChI is InChI=1S/C19H21NOS/c1-12(2)10-11-20-15-9-8-13(3)19-17(15)18(21)14-6-4-5-7-16(14)22-19/h4-9,12,20H,10-11H2,1-3H3. The molecule has 3 heteroatoms. The van der Waals surface area contributed by atoms with Crippen molar-refractivity contribution in [3.63, 3.8) is 0 Å². The molecule has 0 saturated carbocycles. The lowest BCUT2D eigenvalue weighted by molar-refractivity contribution is 0.607. The van der Waals surface area contributed by atoms with Crippen molar-refractivity contribution in [2.24, 2.45) is 5.92 Å². The lowest BCUT2D eigenvalue weighted by Crippen LogP contribution is -2.09. The van der Waals surface area contributed by atoms with Crippen LogP contribution in [0.2, 0.25) is 0 Å². The third-order valence-electron chi connectivity index (χ3n) is 3.96. The molecule has 0 aliphatic heterocycles. The summed E-state index contributed by atoms with van der Waals surface area (Å²) < 4.78 is 2.15. The van der Waals surface area contributed by atoms with Gasteiger partial charge in [-0.3, -0.25) is 4.79 Å². The van der Waals surface area contributed by atoms with Crippen LogP contribution in [0.1, 0.15) is 25.8 Å². The van der Waals surface area contributed by atoms with Crippen LogP contribution in [0.25, 0.3) is 20.2 Å². The Morgan fingerprint density at radius 3 is 2.68 bits per heavy atom. The molecule has 0 bridgehead atoms. The molecule has 0 aliphatic rings. The average Bonchev–Trinajstić information content (AvgIpc) is 2.50. The zero-order chi connectivity index (χ0) is 15.7. The molecule has 3 rings (SSSR count). The normalized spacial score (nSPS) is 11.5. The molecule has 0 amide bonds. The Balaban J connectivity index is 2.19. The predicted octanol–water partition coefficient (Wildman–Crippen LogP) is 5.18. The molecule has 0 radical (unpaired) electrons. The predicted molar refractivity (Wildman–Crippen MR) is 98.3 cm³/mol. The van der Waals surface area contributed by atoms with Gasteiger partial charge in [0, 0.05) is 27.0 Å². The number of anilines is 1. The minimum Gasteiger partial charge on any atom is -0.384 e. The van der Waals surface area contributed by atoms with E-state index >= 15 is 0 Å². The molecular formula is C19H21NOS. The van der Waals surface area contributed by atoms with Gasteiger partial charge in [-0.25, -0.2) is 0 Å². The van der Waals surface area contributed by atoms with E-state index in [4.69, 9.17) is 0 Å². The molecule has 0 fully saturated rings. The molecule has 0 aliphatic carbocycles.